The Morgan fingerprint density at radius 1 is 1.36 bits per heavy atom. The van der Waals surface area contributed by atoms with E-state index in [1.165, 1.54) is 16.3 Å². The molecule has 1 aromatic carbocycles. The summed E-state index contributed by atoms with van der Waals surface area (Å²) in [5.41, 5.74) is 0.394. The molecule has 10 heteroatoms. The van der Waals surface area contributed by atoms with Crippen molar-refractivity contribution in [2.75, 3.05) is 22.2 Å². The maximum Gasteiger partial charge on any atom is 0.343 e. The normalized spacial score (nSPS) is 18.2. The Hall–Kier alpha value is -2.07. The zero-order valence-electron chi connectivity index (χ0n) is 15.7. The third-order valence-electron chi connectivity index (χ3n) is 4.66. The van der Waals surface area contributed by atoms with Crippen LogP contribution in [0.3, 0.4) is 0 Å². The molecule has 2 aromatic rings. The summed E-state index contributed by atoms with van der Waals surface area (Å²) in [5, 5.41) is 6.92. The summed E-state index contributed by atoms with van der Waals surface area (Å²) in [6.45, 7) is 2.58. The molecule has 0 radical (unpaired) electrons. The van der Waals surface area contributed by atoms with Gasteiger partial charge in [-0.15, -0.1) is 5.10 Å². The average molecular weight is 425 g/mol. The molecule has 1 aliphatic heterocycles. The standard InChI is InChI=1S/C18H24N4O4S2/c1-2-3-10-21-17(24)19-20-18(21)27-12-16(23)22(14-7-5-4-6-8-14)15-9-11-28(25,26)13-15/h4-8,15H,2-3,9-13H2,1H3,(H,19,24)/t15-/m0/s1. The Balaban J connectivity index is 1.77. The molecule has 0 bridgehead atoms. The van der Waals surface area contributed by atoms with Crippen LogP contribution in [0.25, 0.3) is 0 Å². The summed E-state index contributed by atoms with van der Waals surface area (Å²) in [4.78, 5) is 26.5. The number of nitrogens with zero attached hydrogens (tertiary/aromatic N) is 3. The molecule has 28 heavy (non-hydrogen) atoms. The van der Waals surface area contributed by atoms with E-state index in [0.717, 1.165) is 12.8 Å². The van der Waals surface area contributed by atoms with Crippen molar-refractivity contribution in [3.8, 4) is 0 Å². The number of aromatic nitrogens is 3. The molecule has 2 heterocycles. The van der Waals surface area contributed by atoms with Gasteiger partial charge in [-0.1, -0.05) is 43.3 Å². The highest BCUT2D eigenvalue weighted by molar-refractivity contribution is 7.99. The van der Waals surface area contributed by atoms with Gasteiger partial charge in [0, 0.05) is 12.2 Å². The first kappa shape index (κ1) is 20.7. The predicted molar refractivity (Wildman–Crippen MR) is 109 cm³/mol. The highest BCUT2D eigenvalue weighted by Crippen LogP contribution is 2.26. The topological polar surface area (TPSA) is 105 Å². The maximum atomic E-state index is 13.0. The molecule has 3 rings (SSSR count). The van der Waals surface area contributed by atoms with Gasteiger partial charge in [-0.2, -0.15) is 0 Å². The number of sulfone groups is 1. The van der Waals surface area contributed by atoms with Crippen molar-refractivity contribution in [2.24, 2.45) is 0 Å². The summed E-state index contributed by atoms with van der Waals surface area (Å²) >= 11 is 1.19. The molecule has 1 N–H and O–H groups in total. The van der Waals surface area contributed by atoms with Gasteiger partial charge in [-0.05, 0) is 25.0 Å². The van der Waals surface area contributed by atoms with E-state index < -0.39 is 9.84 Å². The van der Waals surface area contributed by atoms with Gasteiger partial charge in [-0.25, -0.2) is 18.3 Å². The van der Waals surface area contributed by atoms with E-state index in [-0.39, 0.29) is 34.9 Å². The second kappa shape index (κ2) is 8.95. The van der Waals surface area contributed by atoms with Crippen LogP contribution >= 0.6 is 11.8 Å². The third-order valence-corrected chi connectivity index (χ3v) is 7.37. The van der Waals surface area contributed by atoms with Crippen LogP contribution in [0, 0.1) is 0 Å². The Bertz CT molecular complexity index is 969. The van der Waals surface area contributed by atoms with Crippen molar-refractivity contribution in [3.05, 3.63) is 40.8 Å². The minimum Gasteiger partial charge on any atom is -0.308 e. The number of aromatic amines is 1. The molecule has 152 valence electrons. The number of carbonyl (C=O) groups excluding carboxylic acids is 1. The quantitative estimate of drug-likeness (QED) is 0.647. The average Bonchev–Trinajstić information content (AvgIpc) is 3.21. The lowest BCUT2D eigenvalue weighted by molar-refractivity contribution is -0.116. The second-order valence-electron chi connectivity index (χ2n) is 6.76. The van der Waals surface area contributed by atoms with E-state index in [4.69, 9.17) is 0 Å². The minimum absolute atomic E-state index is 0.0259. The fourth-order valence-corrected chi connectivity index (χ4v) is 5.78. The first-order valence-electron chi connectivity index (χ1n) is 9.27. The lowest BCUT2D eigenvalue weighted by Gasteiger charge is -2.28. The van der Waals surface area contributed by atoms with E-state index in [1.54, 1.807) is 17.0 Å². The number of anilines is 1. The van der Waals surface area contributed by atoms with Crippen molar-refractivity contribution in [1.82, 2.24) is 14.8 Å². The molecule has 1 aromatic heterocycles. The monoisotopic (exact) mass is 424 g/mol. The van der Waals surface area contributed by atoms with Crippen molar-refractivity contribution in [2.45, 2.75) is 43.9 Å². The number of rotatable bonds is 8. The number of carbonyl (C=O) groups is 1. The van der Waals surface area contributed by atoms with E-state index in [0.29, 0.717) is 23.8 Å². The fraction of sp³-hybridized carbons (Fsp3) is 0.500. The Kier molecular flexibility index (Phi) is 6.61. The maximum absolute atomic E-state index is 13.0. The lowest BCUT2D eigenvalue weighted by atomic mass is 10.2. The van der Waals surface area contributed by atoms with Crippen molar-refractivity contribution >= 4 is 33.2 Å². The highest BCUT2D eigenvalue weighted by Gasteiger charge is 2.35. The summed E-state index contributed by atoms with van der Waals surface area (Å²) in [7, 11) is -3.13. The summed E-state index contributed by atoms with van der Waals surface area (Å²) in [6.07, 6.45) is 2.22. The third kappa shape index (κ3) is 4.85. The van der Waals surface area contributed by atoms with Gasteiger partial charge in [0.05, 0.1) is 23.3 Å². The van der Waals surface area contributed by atoms with Gasteiger partial charge in [-0.3, -0.25) is 9.36 Å². The number of para-hydroxylation sites is 1. The zero-order valence-corrected chi connectivity index (χ0v) is 17.3. The minimum atomic E-state index is -3.13. The Labute approximate surface area is 168 Å². The van der Waals surface area contributed by atoms with E-state index >= 15 is 0 Å². The number of amides is 1. The van der Waals surface area contributed by atoms with Gasteiger partial charge in [0.15, 0.2) is 15.0 Å². The summed E-state index contributed by atoms with van der Waals surface area (Å²) in [6, 6.07) is 8.73. The summed E-state index contributed by atoms with van der Waals surface area (Å²) in [5.74, 6) is -0.0583. The smallest absolute Gasteiger partial charge is 0.308 e. The molecule has 1 saturated heterocycles. The Morgan fingerprint density at radius 3 is 2.75 bits per heavy atom. The van der Waals surface area contributed by atoms with Gasteiger partial charge in [0.25, 0.3) is 0 Å². The van der Waals surface area contributed by atoms with Crippen LogP contribution in [-0.2, 0) is 21.2 Å². The van der Waals surface area contributed by atoms with E-state index in [9.17, 15) is 18.0 Å². The molecular formula is C18H24N4O4S2. The van der Waals surface area contributed by atoms with Crippen LogP contribution in [0.4, 0.5) is 5.69 Å². The van der Waals surface area contributed by atoms with Crippen molar-refractivity contribution < 1.29 is 13.2 Å². The molecule has 8 nitrogen and oxygen atoms in total. The number of H-pyrrole nitrogens is 1. The SMILES string of the molecule is CCCCn1c(SCC(=O)N(c2ccccc2)[C@H]2CCS(=O)(=O)C2)n[nH]c1=O. The molecule has 1 amide bonds. The second-order valence-corrected chi connectivity index (χ2v) is 9.93. The first-order valence-corrected chi connectivity index (χ1v) is 12.1. The number of hydrogen-bond donors (Lipinski definition) is 1. The fourth-order valence-electron chi connectivity index (χ4n) is 3.25. The summed E-state index contributed by atoms with van der Waals surface area (Å²) < 4.78 is 25.4. The molecule has 0 aliphatic carbocycles. The number of thioether (sulfide) groups is 1. The van der Waals surface area contributed by atoms with E-state index in [1.807, 2.05) is 25.1 Å². The highest BCUT2D eigenvalue weighted by atomic mass is 32.2. The largest absolute Gasteiger partial charge is 0.343 e. The first-order chi connectivity index (χ1) is 13.4. The van der Waals surface area contributed by atoms with Crippen LogP contribution in [0.5, 0.6) is 0 Å². The predicted octanol–water partition coefficient (Wildman–Crippen LogP) is 1.68. The van der Waals surface area contributed by atoms with Gasteiger partial charge >= 0.3 is 5.69 Å². The number of unbranched alkanes of at least 4 members (excludes halogenated alkanes) is 1. The number of nitrogens with one attached hydrogen (secondary N) is 1. The molecule has 1 atom stereocenters. The van der Waals surface area contributed by atoms with E-state index in [2.05, 4.69) is 10.2 Å². The van der Waals surface area contributed by atoms with Crippen LogP contribution in [0.15, 0.2) is 40.3 Å². The molecule has 0 spiro atoms. The van der Waals surface area contributed by atoms with Gasteiger partial charge in [0.2, 0.25) is 5.91 Å². The molecule has 1 fully saturated rings. The number of benzene rings is 1. The van der Waals surface area contributed by atoms with Gasteiger partial charge < -0.3 is 4.90 Å². The van der Waals surface area contributed by atoms with Crippen LogP contribution in [0.2, 0.25) is 0 Å². The van der Waals surface area contributed by atoms with Crippen LogP contribution in [0.1, 0.15) is 26.2 Å². The molecule has 0 saturated carbocycles. The molecule has 1 aliphatic rings. The van der Waals surface area contributed by atoms with Crippen molar-refractivity contribution in [1.29, 1.82) is 0 Å². The Morgan fingerprint density at radius 2 is 2.11 bits per heavy atom. The van der Waals surface area contributed by atoms with Gasteiger partial charge in [0.1, 0.15) is 0 Å². The zero-order chi connectivity index (χ0) is 20.1. The van der Waals surface area contributed by atoms with Crippen LogP contribution in [-0.4, -0.2) is 52.4 Å². The van der Waals surface area contributed by atoms with Crippen molar-refractivity contribution in [3.63, 3.8) is 0 Å². The molecule has 0 unspecified atom stereocenters. The van der Waals surface area contributed by atoms with Crippen LogP contribution < -0.4 is 10.6 Å². The molecular weight excluding hydrogens is 400 g/mol. The lowest BCUT2D eigenvalue weighted by Crippen LogP contribution is -2.42. The number of hydrogen-bond acceptors (Lipinski definition) is 6.